The van der Waals surface area contributed by atoms with Crippen LogP contribution in [0.2, 0.25) is 0 Å². The maximum Gasteiger partial charge on any atom is 0.407 e. The van der Waals surface area contributed by atoms with Gasteiger partial charge in [-0.15, -0.1) is 11.7 Å². The van der Waals surface area contributed by atoms with Crippen LogP contribution in [0.5, 0.6) is 0 Å². The zero-order valence-electron chi connectivity index (χ0n) is 23.0. The molecule has 0 spiro atoms. The van der Waals surface area contributed by atoms with Gasteiger partial charge in [-0.1, -0.05) is 44.7 Å². The van der Waals surface area contributed by atoms with E-state index in [0.29, 0.717) is 19.6 Å². The van der Waals surface area contributed by atoms with Crippen molar-refractivity contribution >= 4 is 46.6 Å². The van der Waals surface area contributed by atoms with E-state index >= 15 is 0 Å². The van der Waals surface area contributed by atoms with E-state index in [2.05, 4.69) is 49.3 Å². The Hall–Kier alpha value is -2.38. The number of alkyl carbamates (subject to hydrolysis) is 2. The van der Waals surface area contributed by atoms with E-state index < -0.39 is 30.2 Å². The fourth-order valence-corrected chi connectivity index (χ4v) is 5.32. The predicted molar refractivity (Wildman–Crippen MR) is 151 cm³/mol. The molecule has 1 aliphatic carbocycles. The molecule has 0 radical (unpaired) electrons. The van der Waals surface area contributed by atoms with Crippen LogP contribution in [0.4, 0.5) is 9.59 Å². The second kappa shape index (κ2) is 18.1. The van der Waals surface area contributed by atoms with Crippen LogP contribution in [0.25, 0.3) is 0 Å². The smallest absolute Gasteiger partial charge is 0.407 e. The van der Waals surface area contributed by atoms with Gasteiger partial charge in [-0.05, 0) is 36.5 Å². The van der Waals surface area contributed by atoms with E-state index in [1.165, 1.54) is 10.8 Å². The molecule has 0 heterocycles. The summed E-state index contributed by atoms with van der Waals surface area (Å²) in [5.74, 6) is -0.402. The number of esters is 2. The molecule has 2 amide bonds. The molecule has 0 saturated heterocycles. The maximum atomic E-state index is 12.6. The summed E-state index contributed by atoms with van der Waals surface area (Å²) in [5, 5.41) is 5.67. The van der Waals surface area contributed by atoms with Crippen LogP contribution in [0.15, 0.2) is 25.3 Å². The van der Waals surface area contributed by atoms with E-state index in [0.717, 1.165) is 37.2 Å². The molecule has 222 valence electrons. The van der Waals surface area contributed by atoms with Crippen LogP contribution in [0, 0.1) is 10.8 Å². The minimum atomic E-state index is -0.770. The molecular formula is C26H42N2O9S2. The van der Waals surface area contributed by atoms with E-state index in [-0.39, 0.29) is 43.3 Å². The van der Waals surface area contributed by atoms with Crippen molar-refractivity contribution in [1.82, 2.24) is 10.6 Å². The Morgan fingerprint density at radius 2 is 1.67 bits per heavy atom. The second-order valence-electron chi connectivity index (χ2n) is 10.4. The fraction of sp³-hybridized carbons (Fsp3) is 0.692. The van der Waals surface area contributed by atoms with Gasteiger partial charge in [-0.25, -0.2) is 19.2 Å². The van der Waals surface area contributed by atoms with Crippen LogP contribution in [0.3, 0.4) is 0 Å². The number of hydrogen-bond donors (Lipinski definition) is 3. The van der Waals surface area contributed by atoms with Crippen molar-refractivity contribution < 1.29 is 42.9 Å². The summed E-state index contributed by atoms with van der Waals surface area (Å²) >= 11 is 4.07. The van der Waals surface area contributed by atoms with Crippen LogP contribution in [-0.4, -0.2) is 81.6 Å². The highest BCUT2D eigenvalue weighted by Crippen LogP contribution is 2.45. The number of ether oxygens (including phenoxy) is 5. The molecule has 0 bridgehead atoms. The predicted octanol–water partition coefficient (Wildman–Crippen LogP) is 3.84. The van der Waals surface area contributed by atoms with Gasteiger partial charge in [0, 0.05) is 37.1 Å². The van der Waals surface area contributed by atoms with Crippen molar-refractivity contribution in [2.75, 3.05) is 45.3 Å². The largest absolute Gasteiger partial charge is 0.459 e. The first kappa shape index (κ1) is 34.6. The number of amides is 2. The Balaban J connectivity index is 2.57. The summed E-state index contributed by atoms with van der Waals surface area (Å²) in [5.41, 5.74) is -0.439. The zero-order chi connectivity index (χ0) is 29.3. The van der Waals surface area contributed by atoms with Crippen LogP contribution in [0.1, 0.15) is 46.5 Å². The van der Waals surface area contributed by atoms with Crippen molar-refractivity contribution in [2.45, 2.75) is 58.6 Å². The summed E-state index contributed by atoms with van der Waals surface area (Å²) in [4.78, 5) is 47.4. The second-order valence-corrected chi connectivity index (χ2v) is 11.8. The SMILES string of the molecule is C=CC(=O)OCCOC(=O)NCC1(C)CC(NC(=O)OCC(COCCCSS)OC(=O)C=C)CC(C)(C)C1. The van der Waals surface area contributed by atoms with Crippen LogP contribution in [-0.2, 0) is 33.3 Å². The van der Waals surface area contributed by atoms with Crippen molar-refractivity contribution in [3.05, 3.63) is 25.3 Å². The Labute approximate surface area is 239 Å². The highest BCUT2D eigenvalue weighted by Gasteiger charge is 2.42. The lowest BCUT2D eigenvalue weighted by molar-refractivity contribution is -0.148. The maximum absolute atomic E-state index is 12.6. The molecule has 2 N–H and O–H groups in total. The van der Waals surface area contributed by atoms with Crippen molar-refractivity contribution in [2.24, 2.45) is 10.8 Å². The summed E-state index contributed by atoms with van der Waals surface area (Å²) in [6.07, 6.45) is 2.96. The number of nitrogens with one attached hydrogen (secondary N) is 2. The molecule has 1 rings (SSSR count). The quantitative estimate of drug-likeness (QED) is 0.0572. The Morgan fingerprint density at radius 3 is 2.33 bits per heavy atom. The van der Waals surface area contributed by atoms with Gasteiger partial charge in [0.05, 0.1) is 6.61 Å². The average Bonchev–Trinajstić information content (AvgIpc) is 2.86. The third-order valence-corrected chi connectivity index (χ3v) is 6.85. The summed E-state index contributed by atoms with van der Waals surface area (Å²) in [6, 6.07) is -0.202. The first-order chi connectivity index (χ1) is 18.4. The standard InChI is InChI=1S/C26H42N2O9S2/c1-6-21(29)34-10-11-35-23(31)27-18-26(5)14-19(13-25(3,4)17-26)28-24(32)36-16-20(37-22(30)7-2)15-33-9-8-12-39-38/h6-7,19-20,38H,1-2,8-18H2,3-5H3,(H,27,31)(H,28,32). The van der Waals surface area contributed by atoms with Gasteiger partial charge in [0.15, 0.2) is 6.10 Å². The van der Waals surface area contributed by atoms with Gasteiger partial charge < -0.3 is 34.3 Å². The molecule has 13 heteroatoms. The Bertz CT molecular complexity index is 840. The topological polar surface area (TPSA) is 138 Å². The van der Waals surface area contributed by atoms with Gasteiger partial charge in [0.25, 0.3) is 0 Å². The zero-order valence-corrected chi connectivity index (χ0v) is 24.7. The highest BCUT2D eigenvalue weighted by atomic mass is 33.1. The molecular weight excluding hydrogens is 548 g/mol. The van der Waals surface area contributed by atoms with Crippen LogP contribution < -0.4 is 10.6 Å². The van der Waals surface area contributed by atoms with Gasteiger partial charge in [0.2, 0.25) is 0 Å². The molecule has 0 aromatic carbocycles. The number of hydrogen-bond acceptors (Lipinski definition) is 11. The summed E-state index contributed by atoms with van der Waals surface area (Å²) in [6.45, 7) is 13.5. The first-order valence-corrected chi connectivity index (χ1v) is 14.8. The number of thiol groups is 1. The molecule has 0 aliphatic heterocycles. The molecule has 0 aromatic rings. The van der Waals surface area contributed by atoms with Gasteiger partial charge >= 0.3 is 24.1 Å². The molecule has 0 aromatic heterocycles. The summed E-state index contributed by atoms with van der Waals surface area (Å²) < 4.78 is 25.9. The normalized spacial score (nSPS) is 20.6. The molecule has 3 atom stereocenters. The lowest BCUT2D eigenvalue weighted by atomic mass is 9.62. The Morgan fingerprint density at radius 1 is 0.974 bits per heavy atom. The van der Waals surface area contributed by atoms with Crippen molar-refractivity contribution in [1.29, 1.82) is 0 Å². The summed E-state index contributed by atoms with van der Waals surface area (Å²) in [7, 11) is 1.41. The average molecular weight is 591 g/mol. The van der Waals surface area contributed by atoms with E-state index in [9.17, 15) is 19.2 Å². The molecule has 1 saturated carbocycles. The third-order valence-electron chi connectivity index (χ3n) is 5.83. The Kier molecular flexibility index (Phi) is 16.0. The molecule has 11 nitrogen and oxygen atoms in total. The van der Waals surface area contributed by atoms with Crippen molar-refractivity contribution in [3.63, 3.8) is 0 Å². The minimum absolute atomic E-state index is 0.0638. The van der Waals surface area contributed by atoms with Crippen LogP contribution >= 0.6 is 22.5 Å². The van der Waals surface area contributed by atoms with Gasteiger partial charge in [0.1, 0.15) is 19.8 Å². The number of carbonyl (C=O) groups excluding carboxylic acids is 4. The van der Waals surface area contributed by atoms with E-state index in [1.807, 2.05) is 6.92 Å². The van der Waals surface area contributed by atoms with E-state index in [4.69, 9.17) is 23.7 Å². The molecule has 39 heavy (non-hydrogen) atoms. The minimum Gasteiger partial charge on any atom is -0.459 e. The van der Waals surface area contributed by atoms with Gasteiger partial charge in [-0.3, -0.25) is 0 Å². The number of carbonyl (C=O) groups is 4. The fourth-order valence-electron chi connectivity index (χ4n) is 4.69. The third kappa shape index (κ3) is 15.7. The van der Waals surface area contributed by atoms with E-state index in [1.54, 1.807) is 0 Å². The lowest BCUT2D eigenvalue weighted by Crippen LogP contribution is -2.50. The number of rotatable bonds is 17. The van der Waals surface area contributed by atoms with Gasteiger partial charge in [-0.2, -0.15) is 0 Å². The molecule has 3 unspecified atom stereocenters. The highest BCUT2D eigenvalue weighted by molar-refractivity contribution is 8.68. The molecule has 1 fully saturated rings. The lowest BCUT2D eigenvalue weighted by Gasteiger charge is -2.46. The monoisotopic (exact) mass is 590 g/mol. The van der Waals surface area contributed by atoms with Crippen molar-refractivity contribution in [3.8, 4) is 0 Å². The first-order valence-electron chi connectivity index (χ1n) is 12.7. The molecule has 1 aliphatic rings.